The summed E-state index contributed by atoms with van der Waals surface area (Å²) < 4.78 is 87.8. The lowest BCUT2D eigenvalue weighted by molar-refractivity contribution is -0.138. The van der Waals surface area contributed by atoms with Crippen LogP contribution in [0.2, 0.25) is 0 Å². The van der Waals surface area contributed by atoms with E-state index in [9.17, 15) is 30.0 Å². The van der Waals surface area contributed by atoms with Gasteiger partial charge in [0.25, 0.3) is 0 Å². The summed E-state index contributed by atoms with van der Waals surface area (Å²) in [6.45, 7) is 1.17. The van der Waals surface area contributed by atoms with Gasteiger partial charge in [-0.05, 0) is 48.7 Å². The lowest BCUT2D eigenvalue weighted by atomic mass is 10.1. The fraction of sp³-hybridized carbons (Fsp3) is 0.250. The van der Waals surface area contributed by atoms with Crippen LogP contribution in [-0.4, -0.2) is 23.4 Å². The molecule has 0 unspecified atom stereocenters. The van der Waals surface area contributed by atoms with E-state index in [4.69, 9.17) is 5.14 Å². The molecule has 2 aromatic carbocycles. The summed E-state index contributed by atoms with van der Waals surface area (Å²) in [5, 5.41) is 4.98. The number of primary sulfonamides is 1. The van der Waals surface area contributed by atoms with Gasteiger partial charge in [-0.2, -0.15) is 13.2 Å². The van der Waals surface area contributed by atoms with E-state index in [2.05, 4.69) is 4.72 Å². The van der Waals surface area contributed by atoms with Gasteiger partial charge >= 0.3 is 6.18 Å². The fourth-order valence-electron chi connectivity index (χ4n) is 2.33. The number of rotatable bonds is 6. The van der Waals surface area contributed by atoms with Crippen LogP contribution < -0.4 is 9.86 Å². The molecule has 0 amide bonds. The quantitative estimate of drug-likeness (QED) is 0.744. The van der Waals surface area contributed by atoms with Gasteiger partial charge in [-0.3, -0.25) is 0 Å². The van der Waals surface area contributed by atoms with Crippen LogP contribution in [0.1, 0.15) is 16.7 Å². The van der Waals surface area contributed by atoms with Crippen molar-refractivity contribution in [2.75, 3.05) is 6.54 Å². The first-order valence-corrected chi connectivity index (χ1v) is 10.6. The first-order valence-electron chi connectivity index (χ1n) is 7.60. The summed E-state index contributed by atoms with van der Waals surface area (Å²) in [4.78, 5) is -0.559. The largest absolute Gasteiger partial charge is 0.416 e. The highest BCUT2D eigenvalue weighted by molar-refractivity contribution is 7.89. The van der Waals surface area contributed by atoms with Crippen LogP contribution in [0.5, 0.6) is 0 Å². The molecule has 0 spiro atoms. The second-order valence-electron chi connectivity index (χ2n) is 5.81. The van der Waals surface area contributed by atoms with E-state index < -0.39 is 36.7 Å². The highest BCUT2D eigenvalue weighted by Crippen LogP contribution is 2.33. The van der Waals surface area contributed by atoms with Crippen molar-refractivity contribution in [1.29, 1.82) is 0 Å². The van der Waals surface area contributed by atoms with Crippen LogP contribution in [0.25, 0.3) is 0 Å². The summed E-state index contributed by atoms with van der Waals surface area (Å²) in [5.74, 6) is 0. The molecule has 2 rings (SSSR count). The monoisotopic (exact) mass is 422 g/mol. The molecule has 0 atom stereocenters. The zero-order valence-corrected chi connectivity index (χ0v) is 15.7. The molecule has 0 aliphatic rings. The van der Waals surface area contributed by atoms with E-state index in [1.54, 1.807) is 0 Å². The van der Waals surface area contributed by atoms with E-state index in [1.807, 2.05) is 0 Å². The Morgan fingerprint density at radius 1 is 0.963 bits per heavy atom. The van der Waals surface area contributed by atoms with Crippen molar-refractivity contribution in [2.45, 2.75) is 29.3 Å². The Morgan fingerprint density at radius 3 is 2.04 bits per heavy atom. The van der Waals surface area contributed by atoms with Gasteiger partial charge < -0.3 is 0 Å². The summed E-state index contributed by atoms with van der Waals surface area (Å²) >= 11 is 0. The average Bonchev–Trinajstić information content (AvgIpc) is 2.53. The van der Waals surface area contributed by atoms with Gasteiger partial charge in [0.1, 0.15) is 0 Å². The van der Waals surface area contributed by atoms with E-state index in [0.717, 1.165) is 12.1 Å². The third-order valence-electron chi connectivity index (χ3n) is 3.78. The third kappa shape index (κ3) is 5.51. The maximum atomic E-state index is 12.9. The van der Waals surface area contributed by atoms with Gasteiger partial charge in [-0.25, -0.2) is 26.7 Å². The Balaban J connectivity index is 2.09. The number of benzene rings is 2. The maximum absolute atomic E-state index is 12.9. The molecule has 0 aliphatic carbocycles. The molecule has 0 aromatic heterocycles. The summed E-state index contributed by atoms with van der Waals surface area (Å²) in [6, 6.07) is 8.32. The molecule has 148 valence electrons. The summed E-state index contributed by atoms with van der Waals surface area (Å²) in [6.07, 6.45) is -4.44. The number of halogens is 3. The normalized spacial score (nSPS) is 12.9. The Hall–Kier alpha value is -1.95. The lowest BCUT2D eigenvalue weighted by Crippen LogP contribution is -2.26. The predicted molar refractivity (Wildman–Crippen MR) is 92.9 cm³/mol. The Morgan fingerprint density at radius 2 is 1.52 bits per heavy atom. The second kappa shape index (κ2) is 7.58. The lowest BCUT2D eigenvalue weighted by Gasteiger charge is -2.13. The van der Waals surface area contributed by atoms with Gasteiger partial charge in [0.15, 0.2) is 0 Å². The highest BCUT2D eigenvalue weighted by atomic mass is 32.2. The summed E-state index contributed by atoms with van der Waals surface area (Å²) in [5.41, 5.74) is -0.453. The van der Waals surface area contributed by atoms with Gasteiger partial charge in [0.2, 0.25) is 20.0 Å². The minimum atomic E-state index is -4.65. The Labute approximate surface area is 155 Å². The van der Waals surface area contributed by atoms with Gasteiger partial charge in [0.05, 0.1) is 15.4 Å². The van der Waals surface area contributed by atoms with Crippen molar-refractivity contribution in [1.82, 2.24) is 4.72 Å². The fourth-order valence-corrected chi connectivity index (χ4v) is 3.91. The number of aryl methyl sites for hydroxylation is 1. The highest BCUT2D eigenvalue weighted by Gasteiger charge is 2.33. The standard InChI is InChI=1S/C16H17F3N2O4S2/c1-11-2-5-14(10-15(11)16(17,18)19)27(24,25)21-9-8-12-3-6-13(7-4-12)26(20,22)23/h2-7,10,21H,8-9H2,1H3,(H2,20,22,23). The number of sulfonamides is 2. The SMILES string of the molecule is Cc1ccc(S(=O)(=O)NCCc2ccc(S(N)(=O)=O)cc2)cc1C(F)(F)F. The van der Waals surface area contributed by atoms with Gasteiger partial charge in [-0.15, -0.1) is 0 Å². The van der Waals surface area contributed by atoms with Crippen LogP contribution in [0.15, 0.2) is 52.3 Å². The number of hydrogen-bond acceptors (Lipinski definition) is 4. The molecule has 0 radical (unpaired) electrons. The zero-order valence-electron chi connectivity index (χ0n) is 14.1. The Kier molecular flexibility index (Phi) is 6.00. The molecule has 0 saturated carbocycles. The molecule has 0 saturated heterocycles. The molecule has 11 heteroatoms. The van der Waals surface area contributed by atoms with Gasteiger partial charge in [-0.1, -0.05) is 18.2 Å². The molecule has 0 heterocycles. The van der Waals surface area contributed by atoms with Crippen molar-refractivity contribution in [3.63, 3.8) is 0 Å². The van der Waals surface area contributed by atoms with Crippen molar-refractivity contribution >= 4 is 20.0 Å². The smallest absolute Gasteiger partial charge is 0.225 e. The second-order valence-corrected chi connectivity index (χ2v) is 9.14. The van der Waals surface area contributed by atoms with E-state index in [1.165, 1.54) is 31.2 Å². The number of nitrogens with two attached hydrogens (primary N) is 1. The molecule has 0 fully saturated rings. The Bertz CT molecular complexity index is 1030. The first-order chi connectivity index (χ1) is 12.3. The third-order valence-corrected chi connectivity index (χ3v) is 6.17. The van der Waals surface area contributed by atoms with Crippen LogP contribution in [-0.2, 0) is 32.6 Å². The van der Waals surface area contributed by atoms with E-state index in [0.29, 0.717) is 11.6 Å². The maximum Gasteiger partial charge on any atom is 0.416 e. The number of nitrogens with one attached hydrogen (secondary N) is 1. The molecule has 3 N–H and O–H groups in total. The van der Waals surface area contributed by atoms with E-state index in [-0.39, 0.29) is 23.4 Å². The molecular formula is C16H17F3N2O4S2. The van der Waals surface area contributed by atoms with Crippen LogP contribution in [0.4, 0.5) is 13.2 Å². The molecule has 0 aliphatic heterocycles. The molecule has 27 heavy (non-hydrogen) atoms. The minimum absolute atomic E-state index is 0.0728. The minimum Gasteiger partial charge on any atom is -0.225 e. The molecule has 6 nitrogen and oxygen atoms in total. The predicted octanol–water partition coefficient (Wildman–Crippen LogP) is 2.18. The number of hydrogen-bond donors (Lipinski definition) is 2. The zero-order chi connectivity index (χ0) is 20.5. The number of alkyl halides is 3. The van der Waals surface area contributed by atoms with Gasteiger partial charge in [0, 0.05) is 6.54 Å². The van der Waals surface area contributed by atoms with Crippen LogP contribution in [0, 0.1) is 6.92 Å². The topological polar surface area (TPSA) is 106 Å². The van der Waals surface area contributed by atoms with Crippen molar-refractivity contribution in [2.24, 2.45) is 5.14 Å². The van der Waals surface area contributed by atoms with Crippen molar-refractivity contribution in [3.05, 3.63) is 59.2 Å². The molecule has 2 aromatic rings. The summed E-state index contributed by atoms with van der Waals surface area (Å²) in [7, 11) is -7.95. The van der Waals surface area contributed by atoms with Crippen LogP contribution in [0.3, 0.4) is 0 Å². The molecular weight excluding hydrogens is 405 g/mol. The molecule has 0 bridgehead atoms. The van der Waals surface area contributed by atoms with Crippen molar-refractivity contribution in [3.8, 4) is 0 Å². The van der Waals surface area contributed by atoms with E-state index >= 15 is 0 Å². The van der Waals surface area contributed by atoms with Crippen LogP contribution >= 0.6 is 0 Å². The first kappa shape index (κ1) is 21.4. The van der Waals surface area contributed by atoms with Crippen molar-refractivity contribution < 1.29 is 30.0 Å². The average molecular weight is 422 g/mol.